The van der Waals surface area contributed by atoms with E-state index in [2.05, 4.69) is 6.07 Å². The number of rotatable bonds is 1. The molecule has 0 bridgehead atoms. The Morgan fingerprint density at radius 2 is 1.80 bits per heavy atom. The van der Waals surface area contributed by atoms with E-state index in [4.69, 9.17) is 0 Å². The number of hydrogen-bond donors (Lipinski definition) is 0. The van der Waals surface area contributed by atoms with E-state index in [1.807, 2.05) is 48.9 Å². The van der Waals surface area contributed by atoms with Crippen LogP contribution in [0.4, 0.5) is 11.4 Å². The second-order valence-corrected chi connectivity index (χ2v) is 4.20. The van der Waals surface area contributed by atoms with E-state index in [0.29, 0.717) is 6.54 Å². The number of likely N-dealkylation sites (N-methyl/N-ethyl adjacent to an activating group) is 1. The van der Waals surface area contributed by atoms with E-state index in [9.17, 15) is 4.79 Å². The molecule has 15 heavy (non-hydrogen) atoms. The molecule has 0 atom stereocenters. The second kappa shape index (κ2) is 3.57. The van der Waals surface area contributed by atoms with Crippen LogP contribution in [0.1, 0.15) is 13.8 Å². The number of amides is 1. The number of nitrogens with zero attached hydrogens (tertiary/aromatic N) is 2. The van der Waals surface area contributed by atoms with E-state index in [0.717, 1.165) is 11.4 Å². The van der Waals surface area contributed by atoms with Gasteiger partial charge in [-0.3, -0.25) is 4.79 Å². The van der Waals surface area contributed by atoms with Crippen LogP contribution in [0.5, 0.6) is 0 Å². The molecule has 0 aliphatic carbocycles. The van der Waals surface area contributed by atoms with Crippen LogP contribution in [0.2, 0.25) is 0 Å². The maximum absolute atomic E-state index is 11.9. The molecule has 2 rings (SSSR count). The van der Waals surface area contributed by atoms with E-state index < -0.39 is 0 Å². The van der Waals surface area contributed by atoms with Crippen LogP contribution in [0.25, 0.3) is 0 Å². The first kappa shape index (κ1) is 10.0. The second-order valence-electron chi connectivity index (χ2n) is 4.20. The van der Waals surface area contributed by atoms with Gasteiger partial charge in [0, 0.05) is 13.1 Å². The molecule has 0 aromatic heterocycles. The molecule has 1 aliphatic heterocycles. The fourth-order valence-corrected chi connectivity index (χ4v) is 2.06. The fourth-order valence-electron chi connectivity index (χ4n) is 2.06. The van der Waals surface area contributed by atoms with Crippen molar-refractivity contribution >= 4 is 17.3 Å². The molecule has 0 saturated heterocycles. The van der Waals surface area contributed by atoms with Crippen molar-refractivity contribution in [1.82, 2.24) is 0 Å². The standard InChI is InChI=1S/C12H16N2O/c1-9(2)14-11-7-5-4-6-10(11)13(3)8-12(14)15/h4-7,9H,8H2,1-3H3. The van der Waals surface area contributed by atoms with Gasteiger partial charge in [-0.05, 0) is 26.0 Å². The molecule has 0 unspecified atom stereocenters. The lowest BCUT2D eigenvalue weighted by Gasteiger charge is -2.37. The topological polar surface area (TPSA) is 23.6 Å². The predicted molar refractivity (Wildman–Crippen MR) is 62.3 cm³/mol. The highest BCUT2D eigenvalue weighted by Crippen LogP contribution is 2.33. The number of carbonyl (C=O) groups excluding carboxylic acids is 1. The van der Waals surface area contributed by atoms with E-state index in [1.54, 1.807) is 0 Å². The van der Waals surface area contributed by atoms with Crippen molar-refractivity contribution in [2.75, 3.05) is 23.4 Å². The van der Waals surface area contributed by atoms with Gasteiger partial charge >= 0.3 is 0 Å². The lowest BCUT2D eigenvalue weighted by molar-refractivity contribution is -0.117. The highest BCUT2D eigenvalue weighted by atomic mass is 16.2. The van der Waals surface area contributed by atoms with Crippen LogP contribution in [-0.4, -0.2) is 25.5 Å². The third kappa shape index (κ3) is 1.58. The SMILES string of the molecule is CC(C)N1C(=O)CN(C)c2ccccc21. The minimum Gasteiger partial charge on any atom is -0.364 e. The third-order valence-corrected chi connectivity index (χ3v) is 2.71. The third-order valence-electron chi connectivity index (χ3n) is 2.71. The Bertz CT molecular complexity index is 387. The number of carbonyl (C=O) groups is 1. The molecule has 0 saturated carbocycles. The Hall–Kier alpha value is -1.51. The van der Waals surface area contributed by atoms with Crippen molar-refractivity contribution in [2.24, 2.45) is 0 Å². The van der Waals surface area contributed by atoms with E-state index in [-0.39, 0.29) is 11.9 Å². The van der Waals surface area contributed by atoms with Gasteiger partial charge < -0.3 is 9.80 Å². The smallest absolute Gasteiger partial charge is 0.246 e. The molecule has 1 aromatic carbocycles. The van der Waals surface area contributed by atoms with Gasteiger partial charge in [-0.25, -0.2) is 0 Å². The van der Waals surface area contributed by atoms with Crippen LogP contribution < -0.4 is 9.80 Å². The average Bonchev–Trinajstić information content (AvgIpc) is 2.17. The Kier molecular flexibility index (Phi) is 2.39. The molecule has 1 aliphatic rings. The molecule has 3 heteroatoms. The summed E-state index contributed by atoms with van der Waals surface area (Å²) in [6.07, 6.45) is 0. The van der Waals surface area contributed by atoms with Crippen LogP contribution in [0.15, 0.2) is 24.3 Å². The van der Waals surface area contributed by atoms with Crippen LogP contribution >= 0.6 is 0 Å². The van der Waals surface area contributed by atoms with E-state index >= 15 is 0 Å². The van der Waals surface area contributed by atoms with Gasteiger partial charge in [0.2, 0.25) is 5.91 Å². The zero-order valence-corrected chi connectivity index (χ0v) is 9.40. The van der Waals surface area contributed by atoms with Crippen molar-refractivity contribution in [3.05, 3.63) is 24.3 Å². The molecular formula is C12H16N2O. The molecule has 80 valence electrons. The summed E-state index contributed by atoms with van der Waals surface area (Å²) in [4.78, 5) is 15.8. The molecule has 1 aromatic rings. The maximum Gasteiger partial charge on any atom is 0.246 e. The van der Waals surface area contributed by atoms with Gasteiger partial charge in [-0.1, -0.05) is 12.1 Å². The van der Waals surface area contributed by atoms with Gasteiger partial charge in [-0.15, -0.1) is 0 Å². The molecule has 0 N–H and O–H groups in total. The number of anilines is 2. The average molecular weight is 204 g/mol. The molecule has 3 nitrogen and oxygen atoms in total. The Morgan fingerprint density at radius 3 is 2.40 bits per heavy atom. The zero-order chi connectivity index (χ0) is 11.0. The first-order valence-electron chi connectivity index (χ1n) is 5.23. The normalized spacial score (nSPS) is 15.9. The van der Waals surface area contributed by atoms with Gasteiger partial charge in [0.15, 0.2) is 0 Å². The van der Waals surface area contributed by atoms with Crippen molar-refractivity contribution in [3.8, 4) is 0 Å². The summed E-state index contributed by atoms with van der Waals surface area (Å²) in [6.45, 7) is 4.55. The summed E-state index contributed by atoms with van der Waals surface area (Å²) in [5.41, 5.74) is 2.15. The van der Waals surface area contributed by atoms with Crippen LogP contribution in [0, 0.1) is 0 Å². The van der Waals surface area contributed by atoms with Gasteiger partial charge in [-0.2, -0.15) is 0 Å². The molecule has 1 heterocycles. The van der Waals surface area contributed by atoms with Crippen molar-refractivity contribution in [1.29, 1.82) is 0 Å². The monoisotopic (exact) mass is 204 g/mol. The zero-order valence-electron chi connectivity index (χ0n) is 9.40. The van der Waals surface area contributed by atoms with Gasteiger partial charge in [0.25, 0.3) is 0 Å². The summed E-state index contributed by atoms with van der Waals surface area (Å²) in [5.74, 6) is 0.172. The summed E-state index contributed by atoms with van der Waals surface area (Å²) in [5, 5.41) is 0. The maximum atomic E-state index is 11.9. The molecule has 1 amide bonds. The van der Waals surface area contributed by atoms with Crippen molar-refractivity contribution in [3.63, 3.8) is 0 Å². The van der Waals surface area contributed by atoms with Crippen LogP contribution in [-0.2, 0) is 4.79 Å². The quantitative estimate of drug-likeness (QED) is 0.697. The lowest BCUT2D eigenvalue weighted by Crippen LogP contribution is -2.47. The van der Waals surface area contributed by atoms with Gasteiger partial charge in [0.1, 0.15) is 0 Å². The predicted octanol–water partition coefficient (Wildman–Crippen LogP) is 1.88. The summed E-state index contributed by atoms with van der Waals surface area (Å²) in [7, 11) is 1.95. The number of hydrogen-bond acceptors (Lipinski definition) is 2. The summed E-state index contributed by atoms with van der Waals surface area (Å²) in [6, 6.07) is 8.25. The highest BCUT2D eigenvalue weighted by molar-refractivity contribution is 6.03. The Balaban J connectivity index is 2.51. The Labute approximate surface area is 90.3 Å². The van der Waals surface area contributed by atoms with Crippen LogP contribution in [0.3, 0.4) is 0 Å². The lowest BCUT2D eigenvalue weighted by atomic mass is 10.1. The number of benzene rings is 1. The minimum atomic E-state index is 0.172. The Morgan fingerprint density at radius 1 is 1.20 bits per heavy atom. The summed E-state index contributed by atoms with van der Waals surface area (Å²) < 4.78 is 0. The molecular weight excluding hydrogens is 188 g/mol. The van der Waals surface area contributed by atoms with Gasteiger partial charge in [0.05, 0.1) is 17.9 Å². The minimum absolute atomic E-state index is 0.172. The fraction of sp³-hybridized carbons (Fsp3) is 0.417. The first-order valence-corrected chi connectivity index (χ1v) is 5.23. The van der Waals surface area contributed by atoms with Crippen molar-refractivity contribution in [2.45, 2.75) is 19.9 Å². The number of para-hydroxylation sites is 2. The molecule has 0 spiro atoms. The molecule has 0 radical (unpaired) electrons. The highest BCUT2D eigenvalue weighted by Gasteiger charge is 2.28. The largest absolute Gasteiger partial charge is 0.364 e. The molecule has 0 fully saturated rings. The first-order chi connectivity index (χ1) is 7.11. The summed E-state index contributed by atoms with van der Waals surface area (Å²) >= 11 is 0. The van der Waals surface area contributed by atoms with Crippen molar-refractivity contribution < 1.29 is 4.79 Å². The van der Waals surface area contributed by atoms with E-state index in [1.165, 1.54) is 0 Å². The number of fused-ring (bicyclic) bond motifs is 1.